The second kappa shape index (κ2) is 5.56. The molecule has 0 unspecified atom stereocenters. The molecule has 19 heavy (non-hydrogen) atoms. The van der Waals surface area contributed by atoms with E-state index in [-0.39, 0.29) is 10.5 Å². The third kappa shape index (κ3) is 3.13. The van der Waals surface area contributed by atoms with Gasteiger partial charge in [-0.1, -0.05) is 13.0 Å². The van der Waals surface area contributed by atoms with Crippen LogP contribution in [0, 0.1) is 5.82 Å². The Labute approximate surface area is 113 Å². The molecule has 0 heterocycles. The molecule has 0 fully saturated rings. The van der Waals surface area contributed by atoms with E-state index in [2.05, 4.69) is 0 Å². The highest BCUT2D eigenvalue weighted by atomic mass is 32.2. The highest BCUT2D eigenvalue weighted by molar-refractivity contribution is 7.89. The average Bonchev–Trinajstić information content (AvgIpc) is 2.37. The van der Waals surface area contributed by atoms with Crippen molar-refractivity contribution in [3.05, 3.63) is 29.6 Å². The van der Waals surface area contributed by atoms with Crippen molar-refractivity contribution in [2.75, 3.05) is 7.05 Å². The van der Waals surface area contributed by atoms with Crippen molar-refractivity contribution in [2.24, 2.45) is 0 Å². The first-order chi connectivity index (χ1) is 8.66. The molecule has 108 valence electrons. The van der Waals surface area contributed by atoms with Gasteiger partial charge in [-0.25, -0.2) is 12.8 Å². The molecule has 0 aliphatic heterocycles. The Bertz CT molecular complexity index is 555. The van der Waals surface area contributed by atoms with E-state index in [1.807, 2.05) is 6.92 Å². The number of halogens is 1. The average molecular weight is 289 g/mol. The van der Waals surface area contributed by atoms with E-state index < -0.39 is 28.0 Å². The van der Waals surface area contributed by atoms with E-state index in [0.29, 0.717) is 6.42 Å². The monoisotopic (exact) mass is 289 g/mol. The molecule has 0 atom stereocenters. The van der Waals surface area contributed by atoms with Crippen molar-refractivity contribution in [3.63, 3.8) is 0 Å². The van der Waals surface area contributed by atoms with Crippen LogP contribution < -0.4 is 0 Å². The molecule has 1 N–H and O–H groups in total. The van der Waals surface area contributed by atoms with Crippen molar-refractivity contribution in [1.82, 2.24) is 4.31 Å². The van der Waals surface area contributed by atoms with Crippen LogP contribution in [0.5, 0.6) is 0 Å². The van der Waals surface area contributed by atoms with E-state index in [1.54, 1.807) is 13.8 Å². The summed E-state index contributed by atoms with van der Waals surface area (Å²) in [5.41, 5.74) is -0.391. The lowest BCUT2D eigenvalue weighted by molar-refractivity contribution is 0.254. The molecule has 0 amide bonds. The minimum atomic E-state index is -3.84. The lowest BCUT2D eigenvalue weighted by Gasteiger charge is -2.34. The summed E-state index contributed by atoms with van der Waals surface area (Å²) in [6.07, 6.45) is 0.618. The van der Waals surface area contributed by atoms with Gasteiger partial charge in [0.1, 0.15) is 5.82 Å². The molecule has 0 aromatic heterocycles. The molecule has 6 heteroatoms. The first-order valence-corrected chi connectivity index (χ1v) is 7.49. The summed E-state index contributed by atoms with van der Waals surface area (Å²) in [5, 5.41) is 9.21. The van der Waals surface area contributed by atoms with Gasteiger partial charge >= 0.3 is 0 Å². The summed E-state index contributed by atoms with van der Waals surface area (Å²) in [6.45, 7) is 5.02. The van der Waals surface area contributed by atoms with Crippen molar-refractivity contribution in [1.29, 1.82) is 0 Å². The zero-order chi connectivity index (χ0) is 14.8. The van der Waals surface area contributed by atoms with Crippen LogP contribution in [-0.2, 0) is 16.6 Å². The molecular weight excluding hydrogens is 269 g/mol. The summed E-state index contributed by atoms with van der Waals surface area (Å²) in [5.74, 6) is -0.640. The second-order valence-corrected chi connectivity index (χ2v) is 6.99. The lowest BCUT2D eigenvalue weighted by atomic mass is 10.0. The standard InChI is InChI=1S/C13H20FNO3S/c1-5-13(2,3)15(4)19(17,18)12-8-11(14)7-6-10(12)9-16/h6-8,16H,5,9H2,1-4H3. The number of benzene rings is 1. The SMILES string of the molecule is CCC(C)(C)N(C)S(=O)(=O)c1cc(F)ccc1CO. The van der Waals surface area contributed by atoms with E-state index >= 15 is 0 Å². The summed E-state index contributed by atoms with van der Waals surface area (Å²) >= 11 is 0. The van der Waals surface area contributed by atoms with Crippen molar-refractivity contribution < 1.29 is 17.9 Å². The largest absolute Gasteiger partial charge is 0.392 e. The van der Waals surface area contributed by atoms with E-state index in [1.165, 1.54) is 17.4 Å². The Balaban J connectivity index is 3.39. The molecule has 0 aliphatic carbocycles. The van der Waals surface area contributed by atoms with Gasteiger partial charge in [-0.3, -0.25) is 0 Å². The minimum Gasteiger partial charge on any atom is -0.392 e. The van der Waals surface area contributed by atoms with Crippen LogP contribution in [0.4, 0.5) is 4.39 Å². The molecule has 0 spiro atoms. The predicted octanol–water partition coefficient (Wildman–Crippen LogP) is 2.13. The van der Waals surface area contributed by atoms with Crippen LogP contribution >= 0.6 is 0 Å². The lowest BCUT2D eigenvalue weighted by Crippen LogP contribution is -2.44. The zero-order valence-corrected chi connectivity index (χ0v) is 12.5. The van der Waals surface area contributed by atoms with Gasteiger partial charge in [-0.2, -0.15) is 4.31 Å². The number of aliphatic hydroxyl groups is 1. The first-order valence-electron chi connectivity index (χ1n) is 6.05. The number of aliphatic hydroxyl groups excluding tert-OH is 1. The van der Waals surface area contributed by atoms with Gasteiger partial charge in [0, 0.05) is 12.6 Å². The van der Waals surface area contributed by atoms with Crippen LogP contribution in [-0.4, -0.2) is 30.4 Å². The van der Waals surface area contributed by atoms with Crippen molar-refractivity contribution in [2.45, 2.75) is 44.2 Å². The van der Waals surface area contributed by atoms with Gasteiger partial charge in [0.15, 0.2) is 0 Å². The maximum atomic E-state index is 13.3. The number of nitrogens with zero attached hydrogens (tertiary/aromatic N) is 1. The van der Waals surface area contributed by atoms with Crippen LogP contribution in [0.2, 0.25) is 0 Å². The number of hydrogen-bond donors (Lipinski definition) is 1. The molecule has 0 aliphatic rings. The fraction of sp³-hybridized carbons (Fsp3) is 0.538. The van der Waals surface area contributed by atoms with Gasteiger partial charge in [-0.15, -0.1) is 0 Å². The van der Waals surface area contributed by atoms with Gasteiger partial charge in [0.05, 0.1) is 11.5 Å². The Morgan fingerprint density at radius 2 is 1.95 bits per heavy atom. The maximum absolute atomic E-state index is 13.3. The summed E-state index contributed by atoms with van der Waals surface area (Å²) in [7, 11) is -2.38. The third-order valence-electron chi connectivity index (χ3n) is 3.56. The smallest absolute Gasteiger partial charge is 0.243 e. The third-order valence-corrected chi connectivity index (χ3v) is 5.71. The van der Waals surface area contributed by atoms with Crippen LogP contribution in [0.25, 0.3) is 0 Å². The molecule has 1 aromatic carbocycles. The quantitative estimate of drug-likeness (QED) is 0.903. The molecular formula is C13H20FNO3S. The van der Waals surface area contributed by atoms with E-state index in [0.717, 1.165) is 12.1 Å². The number of sulfonamides is 1. The molecule has 0 saturated heterocycles. The summed E-state index contributed by atoms with van der Waals surface area (Å²) in [4.78, 5) is -0.181. The van der Waals surface area contributed by atoms with Crippen LogP contribution in [0.15, 0.2) is 23.1 Å². The maximum Gasteiger partial charge on any atom is 0.243 e. The highest BCUT2D eigenvalue weighted by Crippen LogP contribution is 2.27. The molecule has 0 saturated carbocycles. The fourth-order valence-corrected chi connectivity index (χ4v) is 3.39. The summed E-state index contributed by atoms with van der Waals surface area (Å²) in [6, 6.07) is 3.37. The highest BCUT2D eigenvalue weighted by Gasteiger charge is 2.34. The van der Waals surface area contributed by atoms with Crippen LogP contribution in [0.3, 0.4) is 0 Å². The topological polar surface area (TPSA) is 57.6 Å². The Kier molecular flexibility index (Phi) is 4.71. The Hall–Kier alpha value is -0.980. The van der Waals surface area contributed by atoms with Gasteiger partial charge in [-0.05, 0) is 38.0 Å². The van der Waals surface area contributed by atoms with Crippen molar-refractivity contribution >= 4 is 10.0 Å². The molecule has 0 radical (unpaired) electrons. The molecule has 1 aromatic rings. The normalized spacial score (nSPS) is 13.0. The first kappa shape index (κ1) is 16.1. The van der Waals surface area contributed by atoms with Crippen LogP contribution in [0.1, 0.15) is 32.8 Å². The van der Waals surface area contributed by atoms with Gasteiger partial charge in [0.25, 0.3) is 0 Å². The van der Waals surface area contributed by atoms with Crippen molar-refractivity contribution in [3.8, 4) is 0 Å². The number of hydrogen-bond acceptors (Lipinski definition) is 3. The van der Waals surface area contributed by atoms with E-state index in [4.69, 9.17) is 0 Å². The minimum absolute atomic E-state index is 0.181. The van der Waals surface area contributed by atoms with Gasteiger partial charge < -0.3 is 5.11 Å². The number of rotatable bonds is 5. The Morgan fingerprint density at radius 3 is 2.42 bits per heavy atom. The Morgan fingerprint density at radius 1 is 1.37 bits per heavy atom. The fourth-order valence-electron chi connectivity index (χ4n) is 1.59. The molecule has 4 nitrogen and oxygen atoms in total. The summed E-state index contributed by atoms with van der Waals surface area (Å²) < 4.78 is 39.5. The van der Waals surface area contributed by atoms with E-state index in [9.17, 15) is 17.9 Å². The predicted molar refractivity (Wildman–Crippen MR) is 71.6 cm³/mol. The second-order valence-electron chi connectivity index (χ2n) is 5.05. The zero-order valence-electron chi connectivity index (χ0n) is 11.6. The van der Waals surface area contributed by atoms with Gasteiger partial charge in [0.2, 0.25) is 10.0 Å². The molecule has 1 rings (SSSR count). The molecule has 0 bridgehead atoms.